The summed E-state index contributed by atoms with van der Waals surface area (Å²) in [4.78, 5) is 6.92. The van der Waals surface area contributed by atoms with E-state index in [4.69, 9.17) is 9.47 Å². The molecule has 0 radical (unpaired) electrons. The van der Waals surface area contributed by atoms with E-state index in [0.29, 0.717) is 17.9 Å². The largest absolute Gasteiger partial charge is 0.486 e. The lowest BCUT2D eigenvalue weighted by Crippen LogP contribution is -2.36. The van der Waals surface area contributed by atoms with Crippen molar-refractivity contribution in [3.05, 3.63) is 86.3 Å². The second-order valence-corrected chi connectivity index (χ2v) is 8.95. The second-order valence-electron chi connectivity index (χ2n) is 7.25. The number of morpholine rings is 1. The van der Waals surface area contributed by atoms with Crippen molar-refractivity contribution in [3.8, 4) is 11.8 Å². The summed E-state index contributed by atoms with van der Waals surface area (Å²) in [6, 6.07) is 21.8. The lowest BCUT2D eigenvalue weighted by molar-refractivity contribution is 0.122. The van der Waals surface area contributed by atoms with Crippen LogP contribution in [0.25, 0.3) is 0 Å². The average molecular weight is 555 g/mol. The van der Waals surface area contributed by atoms with Crippen molar-refractivity contribution < 1.29 is 9.47 Å². The summed E-state index contributed by atoms with van der Waals surface area (Å²) in [5, 5.41) is 9.25. The van der Waals surface area contributed by atoms with E-state index in [-0.39, 0.29) is 0 Å². The first-order chi connectivity index (χ1) is 15.6. The number of nitrogens with zero attached hydrogens (tertiary/aromatic N) is 3. The van der Waals surface area contributed by atoms with Crippen LogP contribution < -0.4 is 9.64 Å². The Morgan fingerprint density at radius 2 is 1.72 bits per heavy atom. The molecule has 0 amide bonds. The molecule has 32 heavy (non-hydrogen) atoms. The van der Waals surface area contributed by atoms with Crippen LogP contribution in [-0.2, 0) is 11.3 Å². The summed E-state index contributed by atoms with van der Waals surface area (Å²) >= 11 is 7.18. The fraction of sp³-hybridized carbons (Fsp3) is 0.200. The Morgan fingerprint density at radius 3 is 2.41 bits per heavy atom. The average Bonchev–Trinajstić information content (AvgIpc) is 2.83. The molecule has 0 saturated carbocycles. The Morgan fingerprint density at radius 1 is 1.03 bits per heavy atom. The lowest BCUT2D eigenvalue weighted by atomic mass is 10.1. The Labute approximate surface area is 204 Å². The molecule has 1 saturated heterocycles. The Hall–Kier alpha value is -2.66. The van der Waals surface area contributed by atoms with Gasteiger partial charge in [-0.1, -0.05) is 18.2 Å². The Bertz CT molecular complexity index is 1130. The molecule has 0 aliphatic carbocycles. The van der Waals surface area contributed by atoms with Gasteiger partial charge in [0.15, 0.2) is 0 Å². The van der Waals surface area contributed by atoms with Crippen LogP contribution in [0.4, 0.5) is 11.4 Å². The van der Waals surface area contributed by atoms with Crippen molar-refractivity contribution in [2.45, 2.75) is 6.61 Å². The van der Waals surface area contributed by atoms with Gasteiger partial charge in [0.25, 0.3) is 0 Å². The van der Waals surface area contributed by atoms with Crippen LogP contribution in [0, 0.1) is 11.3 Å². The third kappa shape index (κ3) is 5.57. The molecule has 1 aliphatic rings. The molecule has 3 aromatic rings. The van der Waals surface area contributed by atoms with Crippen LogP contribution in [0.5, 0.6) is 5.75 Å². The summed E-state index contributed by atoms with van der Waals surface area (Å²) in [6.45, 7) is 3.69. The molecule has 7 heteroatoms. The minimum atomic E-state index is 0.309. The highest BCUT2D eigenvalue weighted by Gasteiger charge is 2.12. The molecule has 4 rings (SSSR count). The fourth-order valence-corrected chi connectivity index (χ4v) is 4.87. The zero-order valence-electron chi connectivity index (χ0n) is 17.3. The molecule has 0 spiro atoms. The van der Waals surface area contributed by atoms with Gasteiger partial charge in [-0.05, 0) is 79.9 Å². The molecule has 0 aromatic heterocycles. The van der Waals surface area contributed by atoms with Crippen molar-refractivity contribution in [3.63, 3.8) is 0 Å². The van der Waals surface area contributed by atoms with E-state index >= 15 is 0 Å². The van der Waals surface area contributed by atoms with Crippen LogP contribution in [0.2, 0.25) is 0 Å². The van der Waals surface area contributed by atoms with Crippen molar-refractivity contribution in [2.75, 3.05) is 31.2 Å². The van der Waals surface area contributed by atoms with Gasteiger partial charge >= 0.3 is 0 Å². The standard InChI is InChI=1S/C25H21Br2N3O2/c26-23-13-18(14-24(27)25(23)32-17-20-4-2-1-3-19(20)15-28)16-29-21-5-7-22(8-6-21)30-9-11-31-12-10-30/h1-8,13-14,16H,9-12,17H2. The van der Waals surface area contributed by atoms with E-state index in [1.807, 2.05) is 48.7 Å². The molecule has 1 heterocycles. The molecule has 3 aromatic carbocycles. The third-order valence-corrected chi connectivity index (χ3v) is 6.30. The minimum absolute atomic E-state index is 0.309. The number of nitriles is 1. The maximum Gasteiger partial charge on any atom is 0.148 e. The van der Waals surface area contributed by atoms with Gasteiger partial charge in [-0.2, -0.15) is 5.26 Å². The molecule has 1 aliphatic heterocycles. The van der Waals surface area contributed by atoms with Gasteiger partial charge in [-0.25, -0.2) is 0 Å². The summed E-state index contributed by atoms with van der Waals surface area (Å²) in [5.74, 6) is 0.685. The monoisotopic (exact) mass is 553 g/mol. The van der Waals surface area contributed by atoms with Gasteiger partial charge in [-0.3, -0.25) is 4.99 Å². The van der Waals surface area contributed by atoms with Crippen LogP contribution in [0.15, 0.2) is 74.6 Å². The zero-order valence-corrected chi connectivity index (χ0v) is 20.5. The van der Waals surface area contributed by atoms with Gasteiger partial charge in [0.1, 0.15) is 12.4 Å². The molecular formula is C25H21Br2N3O2. The zero-order chi connectivity index (χ0) is 22.3. The number of benzene rings is 3. The number of anilines is 1. The van der Waals surface area contributed by atoms with Gasteiger partial charge < -0.3 is 14.4 Å². The second kappa shape index (κ2) is 10.8. The van der Waals surface area contributed by atoms with Crippen molar-refractivity contribution in [1.82, 2.24) is 0 Å². The molecule has 0 unspecified atom stereocenters. The number of ether oxygens (including phenoxy) is 2. The maximum atomic E-state index is 9.25. The molecule has 0 bridgehead atoms. The van der Waals surface area contributed by atoms with Gasteiger partial charge in [0.05, 0.1) is 39.5 Å². The van der Waals surface area contributed by atoms with Crippen LogP contribution in [0.3, 0.4) is 0 Å². The summed E-state index contributed by atoms with van der Waals surface area (Å²) in [5.41, 5.74) is 4.48. The predicted molar refractivity (Wildman–Crippen MR) is 134 cm³/mol. The van der Waals surface area contributed by atoms with Crippen LogP contribution in [0.1, 0.15) is 16.7 Å². The highest BCUT2D eigenvalue weighted by atomic mass is 79.9. The fourth-order valence-electron chi connectivity index (χ4n) is 3.42. The molecule has 0 atom stereocenters. The lowest BCUT2D eigenvalue weighted by Gasteiger charge is -2.28. The molecule has 5 nitrogen and oxygen atoms in total. The Balaban J connectivity index is 1.43. The maximum absolute atomic E-state index is 9.25. The first-order valence-electron chi connectivity index (χ1n) is 10.2. The molecule has 1 fully saturated rings. The first-order valence-corrected chi connectivity index (χ1v) is 11.8. The normalized spacial score (nSPS) is 13.8. The van der Waals surface area contributed by atoms with E-state index < -0.39 is 0 Å². The van der Waals surface area contributed by atoms with Crippen molar-refractivity contribution >= 4 is 49.4 Å². The van der Waals surface area contributed by atoms with Crippen molar-refractivity contribution in [2.24, 2.45) is 4.99 Å². The van der Waals surface area contributed by atoms with E-state index in [9.17, 15) is 5.26 Å². The topological polar surface area (TPSA) is 57.8 Å². The molecular weight excluding hydrogens is 534 g/mol. The highest BCUT2D eigenvalue weighted by molar-refractivity contribution is 9.11. The summed E-state index contributed by atoms with van der Waals surface area (Å²) in [6.07, 6.45) is 1.83. The van der Waals surface area contributed by atoms with E-state index in [1.54, 1.807) is 6.07 Å². The minimum Gasteiger partial charge on any atom is -0.486 e. The van der Waals surface area contributed by atoms with Gasteiger partial charge in [-0.15, -0.1) is 0 Å². The molecule has 162 valence electrons. The van der Waals surface area contributed by atoms with Crippen molar-refractivity contribution in [1.29, 1.82) is 5.26 Å². The number of aliphatic imine (C=N–C) groups is 1. The first kappa shape index (κ1) is 22.5. The van der Waals surface area contributed by atoms with Crippen LogP contribution in [-0.4, -0.2) is 32.5 Å². The van der Waals surface area contributed by atoms with Crippen LogP contribution >= 0.6 is 31.9 Å². The third-order valence-electron chi connectivity index (χ3n) is 5.12. The number of rotatable bonds is 6. The molecule has 0 N–H and O–H groups in total. The van der Waals surface area contributed by atoms with Gasteiger partial charge in [0, 0.05) is 30.6 Å². The number of hydrogen-bond acceptors (Lipinski definition) is 5. The van der Waals surface area contributed by atoms with E-state index in [2.05, 4.69) is 60.0 Å². The smallest absolute Gasteiger partial charge is 0.148 e. The van der Waals surface area contributed by atoms with E-state index in [1.165, 1.54) is 5.69 Å². The predicted octanol–water partition coefficient (Wildman–Crippen LogP) is 6.25. The summed E-state index contributed by atoms with van der Waals surface area (Å²) in [7, 11) is 0. The number of hydrogen-bond donors (Lipinski definition) is 0. The van der Waals surface area contributed by atoms with Gasteiger partial charge in [0.2, 0.25) is 0 Å². The Kier molecular flexibility index (Phi) is 7.59. The highest BCUT2D eigenvalue weighted by Crippen LogP contribution is 2.35. The number of halogens is 2. The quantitative estimate of drug-likeness (QED) is 0.338. The van der Waals surface area contributed by atoms with E-state index in [0.717, 1.165) is 52.1 Å². The SMILES string of the molecule is N#Cc1ccccc1COc1c(Br)cc(C=Nc2ccc(N3CCOCC3)cc2)cc1Br. The summed E-state index contributed by atoms with van der Waals surface area (Å²) < 4.78 is 13.0.